The van der Waals surface area contributed by atoms with Crippen LogP contribution in [0, 0.1) is 0 Å². The molecule has 3 rings (SSSR count). The molecule has 0 saturated carbocycles. The van der Waals surface area contributed by atoms with E-state index >= 15 is 0 Å². The Balaban J connectivity index is 2.00. The van der Waals surface area contributed by atoms with Crippen molar-refractivity contribution in [2.24, 2.45) is 0 Å². The van der Waals surface area contributed by atoms with Gasteiger partial charge >= 0.3 is 0 Å². The van der Waals surface area contributed by atoms with Crippen molar-refractivity contribution in [2.75, 3.05) is 10.7 Å². The summed E-state index contributed by atoms with van der Waals surface area (Å²) in [5, 5.41) is 0.137. The lowest BCUT2D eigenvalue weighted by atomic mass is 10.1. The molecule has 2 amide bonds. The van der Waals surface area contributed by atoms with Crippen LogP contribution in [0.4, 0.5) is 5.69 Å². The van der Waals surface area contributed by atoms with E-state index < -0.39 is 27.9 Å². The highest BCUT2D eigenvalue weighted by molar-refractivity contribution is 7.87. The van der Waals surface area contributed by atoms with Gasteiger partial charge in [-0.3, -0.25) is 13.8 Å². The van der Waals surface area contributed by atoms with E-state index in [0.29, 0.717) is 21.3 Å². The molecule has 7 heteroatoms. The first kappa shape index (κ1) is 16.2. The molecule has 0 unspecified atom stereocenters. The highest BCUT2D eigenvalue weighted by Crippen LogP contribution is 2.31. The molecule has 0 spiro atoms. The van der Waals surface area contributed by atoms with Crippen LogP contribution >= 0.6 is 23.2 Å². The van der Waals surface area contributed by atoms with E-state index in [9.17, 15) is 13.8 Å². The number of nitrogens with zero attached hydrogens (tertiary/aromatic N) is 1. The molecule has 118 valence electrons. The zero-order chi connectivity index (χ0) is 16.6. The second-order valence-electron chi connectivity index (χ2n) is 5.00. The number of imide groups is 1. The van der Waals surface area contributed by atoms with Gasteiger partial charge in [-0.05, 0) is 42.0 Å². The number of rotatable bonds is 2. The monoisotopic (exact) mass is 367 g/mol. The van der Waals surface area contributed by atoms with Crippen molar-refractivity contribution in [1.29, 1.82) is 0 Å². The van der Waals surface area contributed by atoms with Gasteiger partial charge in [-0.2, -0.15) is 0 Å². The van der Waals surface area contributed by atoms with Gasteiger partial charge in [-0.1, -0.05) is 35.3 Å². The SMILES string of the molecule is O=C1C[S@](=O)[C@@H](c2ccc(Cl)cc2)C(=O)N1c1ccc(Cl)cc1. The van der Waals surface area contributed by atoms with Crippen molar-refractivity contribution in [3.05, 3.63) is 64.1 Å². The Morgan fingerprint density at radius 2 is 1.43 bits per heavy atom. The van der Waals surface area contributed by atoms with Crippen LogP contribution < -0.4 is 4.90 Å². The second-order valence-corrected chi connectivity index (χ2v) is 7.39. The van der Waals surface area contributed by atoms with E-state index in [-0.39, 0.29) is 5.75 Å². The highest BCUT2D eigenvalue weighted by Gasteiger charge is 2.41. The second kappa shape index (κ2) is 6.43. The van der Waals surface area contributed by atoms with Gasteiger partial charge in [0.15, 0.2) is 0 Å². The Morgan fingerprint density at radius 3 is 2.00 bits per heavy atom. The fourth-order valence-electron chi connectivity index (χ4n) is 2.42. The summed E-state index contributed by atoms with van der Waals surface area (Å²) in [5.74, 6) is -1.20. The predicted molar refractivity (Wildman–Crippen MR) is 91.1 cm³/mol. The van der Waals surface area contributed by atoms with Gasteiger partial charge in [-0.25, -0.2) is 4.90 Å². The Labute approximate surface area is 145 Å². The van der Waals surface area contributed by atoms with Gasteiger partial charge in [0.25, 0.3) is 5.91 Å². The maximum Gasteiger partial charge on any atom is 0.254 e. The van der Waals surface area contributed by atoms with Crippen LogP contribution in [0.3, 0.4) is 0 Å². The van der Waals surface area contributed by atoms with Crippen LogP contribution in [-0.2, 0) is 20.4 Å². The number of anilines is 1. The maximum atomic E-state index is 12.8. The average Bonchev–Trinajstić information content (AvgIpc) is 2.50. The minimum Gasteiger partial charge on any atom is -0.273 e. The van der Waals surface area contributed by atoms with Gasteiger partial charge in [-0.15, -0.1) is 0 Å². The van der Waals surface area contributed by atoms with Crippen molar-refractivity contribution >= 4 is 51.5 Å². The summed E-state index contributed by atoms with van der Waals surface area (Å²) in [5.41, 5.74) is 0.990. The van der Waals surface area contributed by atoms with Gasteiger partial charge in [0, 0.05) is 20.8 Å². The smallest absolute Gasteiger partial charge is 0.254 e. The molecule has 1 heterocycles. The zero-order valence-electron chi connectivity index (χ0n) is 11.7. The number of benzene rings is 2. The molecule has 2 aromatic carbocycles. The van der Waals surface area contributed by atoms with Gasteiger partial charge in [0.05, 0.1) is 5.69 Å². The lowest BCUT2D eigenvalue weighted by Crippen LogP contribution is -2.49. The first-order chi connectivity index (χ1) is 11.0. The minimum absolute atomic E-state index is 0.207. The summed E-state index contributed by atoms with van der Waals surface area (Å²) >= 11 is 11.7. The molecule has 1 aliphatic heterocycles. The lowest BCUT2D eigenvalue weighted by Gasteiger charge is -2.30. The standard InChI is InChI=1S/C16H11Cl2NO3S/c17-11-3-1-10(2-4-11)15-16(21)19(14(20)9-23(15)22)13-7-5-12(18)6-8-13/h1-8,15H,9H2/t15-,23-/m0/s1. The van der Waals surface area contributed by atoms with Crippen LogP contribution in [-0.4, -0.2) is 21.8 Å². The predicted octanol–water partition coefficient (Wildman–Crippen LogP) is 3.36. The summed E-state index contributed by atoms with van der Waals surface area (Å²) in [6.45, 7) is 0. The summed E-state index contributed by atoms with van der Waals surface area (Å²) in [6, 6.07) is 12.9. The number of halogens is 2. The van der Waals surface area contributed by atoms with Crippen LogP contribution in [0.5, 0.6) is 0 Å². The molecule has 0 bridgehead atoms. The number of carbonyl (C=O) groups is 2. The van der Waals surface area contributed by atoms with Crippen molar-refractivity contribution in [1.82, 2.24) is 0 Å². The molecular weight excluding hydrogens is 357 g/mol. The molecule has 0 aromatic heterocycles. The first-order valence-corrected chi connectivity index (χ1v) is 8.86. The van der Waals surface area contributed by atoms with Crippen LogP contribution in [0.2, 0.25) is 10.0 Å². The van der Waals surface area contributed by atoms with Crippen molar-refractivity contribution in [3.8, 4) is 0 Å². The Bertz CT molecular complexity index is 724. The largest absolute Gasteiger partial charge is 0.273 e. The van der Waals surface area contributed by atoms with Crippen molar-refractivity contribution < 1.29 is 13.8 Å². The third-order valence-electron chi connectivity index (χ3n) is 3.48. The fraction of sp³-hybridized carbons (Fsp3) is 0.125. The van der Waals surface area contributed by atoms with Crippen molar-refractivity contribution in [2.45, 2.75) is 5.25 Å². The summed E-state index contributed by atoms with van der Waals surface area (Å²) in [7, 11) is -1.60. The van der Waals surface area contributed by atoms with Gasteiger partial charge < -0.3 is 0 Å². The van der Waals surface area contributed by atoms with E-state index in [1.807, 2.05) is 0 Å². The molecule has 0 N–H and O–H groups in total. The maximum absolute atomic E-state index is 12.8. The first-order valence-electron chi connectivity index (χ1n) is 6.72. The molecule has 23 heavy (non-hydrogen) atoms. The molecule has 0 radical (unpaired) electrons. The summed E-state index contributed by atoms with van der Waals surface area (Å²) in [4.78, 5) is 26.0. The topological polar surface area (TPSA) is 54.5 Å². The van der Waals surface area contributed by atoms with E-state index in [0.717, 1.165) is 4.90 Å². The molecule has 4 nitrogen and oxygen atoms in total. The van der Waals surface area contributed by atoms with E-state index in [4.69, 9.17) is 23.2 Å². The molecule has 1 fully saturated rings. The van der Waals surface area contributed by atoms with Crippen molar-refractivity contribution in [3.63, 3.8) is 0 Å². The average molecular weight is 368 g/mol. The quantitative estimate of drug-likeness (QED) is 0.764. The van der Waals surface area contributed by atoms with Crippen LogP contribution in [0.15, 0.2) is 48.5 Å². The Morgan fingerprint density at radius 1 is 0.913 bits per heavy atom. The van der Waals surface area contributed by atoms with Crippen LogP contribution in [0.1, 0.15) is 10.8 Å². The fourth-order valence-corrected chi connectivity index (χ4v) is 4.00. The normalized spacial score (nSPS) is 21.6. The highest BCUT2D eigenvalue weighted by atomic mass is 35.5. The van der Waals surface area contributed by atoms with Gasteiger partial charge in [0.1, 0.15) is 11.0 Å². The summed E-state index contributed by atoms with van der Waals surface area (Å²) < 4.78 is 12.3. The third kappa shape index (κ3) is 3.17. The zero-order valence-corrected chi connectivity index (χ0v) is 14.1. The van der Waals surface area contributed by atoms with Gasteiger partial charge in [0.2, 0.25) is 5.91 Å². The Kier molecular flexibility index (Phi) is 4.53. The molecule has 2 aromatic rings. The Hall–Kier alpha value is -1.69. The molecular formula is C16H11Cl2NO3S. The molecule has 2 atom stereocenters. The number of hydrogen-bond acceptors (Lipinski definition) is 3. The molecule has 0 aliphatic carbocycles. The number of amides is 2. The molecule has 1 saturated heterocycles. The number of hydrogen-bond donors (Lipinski definition) is 0. The minimum atomic E-state index is -1.60. The summed E-state index contributed by atoms with van der Waals surface area (Å²) in [6.07, 6.45) is 0. The van der Waals surface area contributed by atoms with Crippen LogP contribution in [0.25, 0.3) is 0 Å². The van der Waals surface area contributed by atoms with E-state index in [2.05, 4.69) is 0 Å². The third-order valence-corrected chi connectivity index (χ3v) is 5.52. The van der Waals surface area contributed by atoms with E-state index in [1.54, 1.807) is 48.5 Å². The lowest BCUT2D eigenvalue weighted by molar-refractivity contribution is -0.125. The molecule has 1 aliphatic rings. The van der Waals surface area contributed by atoms with E-state index in [1.165, 1.54) is 0 Å². The number of carbonyl (C=O) groups excluding carboxylic acids is 2.